The lowest BCUT2D eigenvalue weighted by atomic mass is 10.2. The Morgan fingerprint density at radius 1 is 0.486 bits per heavy atom. The molecule has 0 aliphatic heterocycles. The predicted octanol–water partition coefficient (Wildman–Crippen LogP) is 7.06. The molecule has 37 heavy (non-hydrogen) atoms. The van der Waals surface area contributed by atoms with Gasteiger partial charge < -0.3 is 0 Å². The van der Waals surface area contributed by atoms with E-state index in [1.807, 2.05) is 11.3 Å². The number of rotatable bonds is 7. The highest BCUT2D eigenvalue weighted by molar-refractivity contribution is 7.86. The second-order valence-corrected chi connectivity index (χ2v) is 15.1. The molecule has 0 unspecified atom stereocenters. The molecule has 186 valence electrons. The van der Waals surface area contributed by atoms with E-state index in [9.17, 15) is 0 Å². The van der Waals surface area contributed by atoms with Gasteiger partial charge in [-0.1, -0.05) is 126 Å². The van der Waals surface area contributed by atoms with Crippen molar-refractivity contribution in [3.05, 3.63) is 130 Å². The predicted molar refractivity (Wildman–Crippen MR) is 170 cm³/mol. The SMILES string of the molecule is CCc1scc(P(c2ccc(C)cc2)c2ccc(C)cc2)c1P(c1ccc(C)cc1)c1ccc(C)cc1. The largest absolute Gasteiger partial charge is 0.148 e. The maximum Gasteiger partial charge on any atom is 0.0133 e. The molecule has 3 heteroatoms. The molecule has 0 fully saturated rings. The summed E-state index contributed by atoms with van der Waals surface area (Å²) in [6, 6.07) is 37.1. The Hall–Kier alpha value is -2.56. The van der Waals surface area contributed by atoms with E-state index in [0.717, 1.165) is 6.42 Å². The fraction of sp³-hybridized carbons (Fsp3) is 0.176. The van der Waals surface area contributed by atoms with Gasteiger partial charge in [0.15, 0.2) is 0 Å². The van der Waals surface area contributed by atoms with E-state index in [-0.39, 0.29) is 0 Å². The summed E-state index contributed by atoms with van der Waals surface area (Å²) in [6.45, 7) is 11.0. The first-order valence-electron chi connectivity index (χ1n) is 12.9. The summed E-state index contributed by atoms with van der Waals surface area (Å²) >= 11 is 1.96. The Morgan fingerprint density at radius 2 is 0.811 bits per heavy atom. The van der Waals surface area contributed by atoms with Crippen molar-refractivity contribution >= 4 is 59.0 Å². The second-order valence-electron chi connectivity index (χ2n) is 9.76. The van der Waals surface area contributed by atoms with Gasteiger partial charge in [-0.3, -0.25) is 0 Å². The van der Waals surface area contributed by atoms with Crippen LogP contribution in [0.5, 0.6) is 0 Å². The summed E-state index contributed by atoms with van der Waals surface area (Å²) in [6.07, 6.45) is 1.06. The third-order valence-corrected chi connectivity index (χ3v) is 13.5. The normalized spacial score (nSPS) is 11.4. The number of benzene rings is 4. The number of hydrogen-bond donors (Lipinski definition) is 0. The first-order chi connectivity index (χ1) is 17.9. The van der Waals surface area contributed by atoms with Crippen molar-refractivity contribution in [2.45, 2.75) is 41.0 Å². The molecule has 1 aromatic heterocycles. The van der Waals surface area contributed by atoms with Gasteiger partial charge in [-0.05, 0) is 71.2 Å². The number of hydrogen-bond acceptors (Lipinski definition) is 1. The van der Waals surface area contributed by atoms with Crippen LogP contribution in [0.2, 0.25) is 0 Å². The number of thiophene rings is 1. The van der Waals surface area contributed by atoms with E-state index in [2.05, 4.69) is 137 Å². The maximum atomic E-state index is 2.48. The standard InChI is InChI=1S/C34H34P2S/c1-6-33-34(36(30-19-11-26(4)12-20-30)31-21-13-27(5)14-22-31)32(23-37-33)35(28-15-7-24(2)8-16-28)29-17-9-25(3)10-18-29/h7-23H,6H2,1-5H3. The molecule has 4 aromatic carbocycles. The molecule has 0 saturated carbocycles. The lowest BCUT2D eigenvalue weighted by molar-refractivity contribution is 1.20. The van der Waals surface area contributed by atoms with Crippen molar-refractivity contribution in [3.8, 4) is 0 Å². The van der Waals surface area contributed by atoms with E-state index in [1.165, 1.54) is 53.7 Å². The van der Waals surface area contributed by atoms with E-state index in [4.69, 9.17) is 0 Å². The van der Waals surface area contributed by atoms with Crippen molar-refractivity contribution in [2.75, 3.05) is 0 Å². The highest BCUT2D eigenvalue weighted by Gasteiger charge is 2.29. The first-order valence-corrected chi connectivity index (χ1v) is 16.5. The molecule has 0 amide bonds. The average molecular weight is 537 g/mol. The molecule has 0 aliphatic rings. The topological polar surface area (TPSA) is 0 Å². The molecule has 5 aromatic rings. The van der Waals surface area contributed by atoms with Crippen LogP contribution in [0.4, 0.5) is 0 Å². The molecular weight excluding hydrogens is 502 g/mol. The average Bonchev–Trinajstić information content (AvgIpc) is 3.32. The molecule has 0 aliphatic carbocycles. The summed E-state index contributed by atoms with van der Waals surface area (Å²) in [7, 11) is -1.36. The van der Waals surface area contributed by atoms with Gasteiger partial charge in [-0.15, -0.1) is 11.3 Å². The van der Waals surface area contributed by atoms with Crippen LogP contribution >= 0.6 is 27.2 Å². The molecule has 0 nitrogen and oxygen atoms in total. The van der Waals surface area contributed by atoms with Crippen molar-refractivity contribution < 1.29 is 0 Å². The fourth-order valence-corrected chi connectivity index (χ4v) is 11.7. The Labute approximate surface area is 228 Å². The van der Waals surface area contributed by atoms with Crippen molar-refractivity contribution in [1.29, 1.82) is 0 Å². The monoisotopic (exact) mass is 536 g/mol. The smallest absolute Gasteiger partial charge is 0.0133 e. The van der Waals surface area contributed by atoms with Crippen LogP contribution < -0.4 is 31.8 Å². The van der Waals surface area contributed by atoms with Crippen LogP contribution in [0.3, 0.4) is 0 Å². The molecule has 0 spiro atoms. The first kappa shape index (κ1) is 26.1. The van der Waals surface area contributed by atoms with Gasteiger partial charge in [-0.25, -0.2) is 0 Å². The minimum atomic E-state index is -0.680. The molecule has 0 atom stereocenters. The molecule has 1 heterocycles. The van der Waals surface area contributed by atoms with Crippen molar-refractivity contribution in [3.63, 3.8) is 0 Å². The summed E-state index contributed by atoms with van der Waals surface area (Å²) in [5.74, 6) is 0. The Balaban J connectivity index is 1.77. The molecule has 0 bridgehead atoms. The van der Waals surface area contributed by atoms with Crippen LogP contribution in [-0.4, -0.2) is 0 Å². The molecule has 0 radical (unpaired) electrons. The minimum absolute atomic E-state index is 0.675. The van der Waals surface area contributed by atoms with E-state index in [1.54, 1.807) is 5.30 Å². The summed E-state index contributed by atoms with van der Waals surface area (Å²) in [5.41, 5.74) is 5.24. The highest BCUT2D eigenvalue weighted by atomic mass is 32.1. The summed E-state index contributed by atoms with van der Waals surface area (Å²) < 4.78 is 0. The lowest BCUT2D eigenvalue weighted by Crippen LogP contribution is -2.34. The van der Waals surface area contributed by atoms with E-state index < -0.39 is 15.8 Å². The van der Waals surface area contributed by atoms with E-state index >= 15 is 0 Å². The zero-order chi connectivity index (χ0) is 25.9. The number of aryl methyl sites for hydroxylation is 5. The van der Waals surface area contributed by atoms with Crippen LogP contribution in [-0.2, 0) is 6.42 Å². The van der Waals surface area contributed by atoms with Gasteiger partial charge in [0, 0.05) is 20.9 Å². The molecule has 0 saturated heterocycles. The van der Waals surface area contributed by atoms with Gasteiger partial charge in [0.2, 0.25) is 0 Å². The van der Waals surface area contributed by atoms with Crippen LogP contribution in [0, 0.1) is 27.7 Å². The Bertz CT molecular complexity index is 1370. The highest BCUT2D eigenvalue weighted by Crippen LogP contribution is 2.42. The molecule has 5 rings (SSSR count). The van der Waals surface area contributed by atoms with Crippen molar-refractivity contribution in [1.82, 2.24) is 0 Å². The quantitative estimate of drug-likeness (QED) is 0.195. The van der Waals surface area contributed by atoms with Gasteiger partial charge in [0.05, 0.1) is 0 Å². The van der Waals surface area contributed by atoms with Gasteiger partial charge in [-0.2, -0.15) is 0 Å². The maximum absolute atomic E-state index is 2.48. The molecular formula is C34H34P2S. The lowest BCUT2D eigenvalue weighted by Gasteiger charge is -2.26. The minimum Gasteiger partial charge on any atom is -0.148 e. The summed E-state index contributed by atoms with van der Waals surface area (Å²) in [5, 5.41) is 11.3. The Morgan fingerprint density at radius 3 is 1.14 bits per heavy atom. The fourth-order valence-electron chi connectivity index (χ4n) is 4.64. The molecule has 0 N–H and O–H groups in total. The Kier molecular flexibility index (Phi) is 8.07. The zero-order valence-corrected chi connectivity index (χ0v) is 24.9. The van der Waals surface area contributed by atoms with Crippen molar-refractivity contribution in [2.24, 2.45) is 0 Å². The van der Waals surface area contributed by atoms with E-state index in [0.29, 0.717) is 0 Å². The third-order valence-electron chi connectivity index (χ3n) is 6.77. The second kappa shape index (κ2) is 11.4. The zero-order valence-electron chi connectivity index (χ0n) is 22.3. The van der Waals surface area contributed by atoms with Gasteiger partial charge >= 0.3 is 0 Å². The van der Waals surface area contributed by atoms with Crippen LogP contribution in [0.1, 0.15) is 34.1 Å². The summed E-state index contributed by atoms with van der Waals surface area (Å²) in [4.78, 5) is 1.52. The van der Waals surface area contributed by atoms with Gasteiger partial charge in [0.1, 0.15) is 0 Å². The van der Waals surface area contributed by atoms with Gasteiger partial charge in [0.25, 0.3) is 0 Å². The van der Waals surface area contributed by atoms with Crippen LogP contribution in [0.15, 0.2) is 102 Å². The third kappa shape index (κ3) is 5.66. The van der Waals surface area contributed by atoms with Crippen LogP contribution in [0.25, 0.3) is 0 Å².